The third kappa shape index (κ3) is 2.53. The van der Waals surface area contributed by atoms with Crippen molar-refractivity contribution in [3.63, 3.8) is 0 Å². The average molecular weight is 322 g/mol. The number of nitrogens with one attached hydrogen (secondary N) is 2. The Kier molecular flexibility index (Phi) is 3.57. The Hall–Kier alpha value is -1.33. The van der Waals surface area contributed by atoms with Gasteiger partial charge >= 0.3 is 0 Å². The van der Waals surface area contributed by atoms with Crippen LogP contribution < -0.4 is 10.1 Å². The maximum absolute atomic E-state index is 5.41. The van der Waals surface area contributed by atoms with Crippen LogP contribution in [0.2, 0.25) is 0 Å². The minimum atomic E-state index is 0.492. The first-order valence-corrected chi connectivity index (χ1v) is 7.17. The van der Waals surface area contributed by atoms with E-state index in [1.165, 1.54) is 0 Å². The van der Waals surface area contributed by atoms with Crippen LogP contribution in [0, 0.1) is 0 Å². The summed E-state index contributed by atoms with van der Waals surface area (Å²) in [6.45, 7) is 2.07. The predicted octanol–water partition coefficient (Wildman–Crippen LogP) is 2.92. The number of hydrogen-bond acceptors (Lipinski definition) is 3. The van der Waals surface area contributed by atoms with E-state index < -0.39 is 0 Å². The molecule has 5 heteroatoms. The lowest BCUT2D eigenvalue weighted by molar-refractivity contribution is 0.416. The second-order valence-corrected chi connectivity index (χ2v) is 5.63. The largest absolute Gasteiger partial charge is 0.496 e. The molecule has 4 nitrogen and oxygen atoms in total. The Balaban J connectivity index is 1.95. The van der Waals surface area contributed by atoms with Crippen LogP contribution in [-0.2, 0) is 0 Å². The maximum atomic E-state index is 5.41. The van der Waals surface area contributed by atoms with E-state index in [1.54, 1.807) is 7.11 Å². The molecule has 0 bridgehead atoms. The van der Waals surface area contributed by atoms with Crippen molar-refractivity contribution < 1.29 is 4.74 Å². The van der Waals surface area contributed by atoms with Gasteiger partial charge in [0.05, 0.1) is 19.0 Å². The van der Waals surface area contributed by atoms with Crippen LogP contribution in [0.5, 0.6) is 5.75 Å². The summed E-state index contributed by atoms with van der Waals surface area (Å²) in [5, 5.41) is 3.36. The number of H-pyrrole nitrogens is 1. The maximum Gasteiger partial charge on any atom is 0.128 e. The van der Waals surface area contributed by atoms with Crippen molar-refractivity contribution in [3.05, 3.63) is 34.7 Å². The second-order valence-electron chi connectivity index (χ2n) is 4.72. The van der Waals surface area contributed by atoms with E-state index >= 15 is 0 Å². The van der Waals surface area contributed by atoms with Crippen LogP contribution in [0.25, 0.3) is 11.3 Å². The van der Waals surface area contributed by atoms with Crippen molar-refractivity contribution in [1.29, 1.82) is 0 Å². The number of benzene rings is 1. The molecule has 1 aromatic carbocycles. The summed E-state index contributed by atoms with van der Waals surface area (Å²) in [5.41, 5.74) is 2.03. The zero-order chi connectivity index (χ0) is 13.2. The first kappa shape index (κ1) is 12.7. The number of aromatic nitrogens is 2. The van der Waals surface area contributed by atoms with E-state index in [-0.39, 0.29) is 0 Å². The number of hydrogen-bond donors (Lipinski definition) is 2. The first-order chi connectivity index (χ1) is 9.28. The van der Waals surface area contributed by atoms with E-state index in [0.29, 0.717) is 5.92 Å². The van der Waals surface area contributed by atoms with Gasteiger partial charge in [-0.05, 0) is 31.2 Å². The van der Waals surface area contributed by atoms with Gasteiger partial charge in [-0.2, -0.15) is 0 Å². The van der Waals surface area contributed by atoms with Gasteiger partial charge in [0.25, 0.3) is 0 Å². The van der Waals surface area contributed by atoms with Gasteiger partial charge in [-0.15, -0.1) is 0 Å². The molecule has 2 N–H and O–H groups in total. The number of aromatic amines is 1. The van der Waals surface area contributed by atoms with E-state index in [2.05, 4.69) is 31.2 Å². The lowest BCUT2D eigenvalue weighted by atomic mass is 10.1. The van der Waals surface area contributed by atoms with Crippen LogP contribution in [-0.4, -0.2) is 30.2 Å². The van der Waals surface area contributed by atoms with Crippen LogP contribution in [0.3, 0.4) is 0 Å². The molecule has 1 aliphatic heterocycles. The van der Waals surface area contributed by atoms with E-state index in [4.69, 9.17) is 4.74 Å². The molecule has 0 spiro atoms. The number of rotatable bonds is 3. The zero-order valence-electron chi connectivity index (χ0n) is 10.7. The molecule has 3 rings (SSSR count). The lowest BCUT2D eigenvalue weighted by Crippen LogP contribution is -2.08. The van der Waals surface area contributed by atoms with Gasteiger partial charge in [-0.1, -0.05) is 15.9 Å². The molecule has 0 saturated carbocycles. The number of imidazole rings is 1. The summed E-state index contributed by atoms with van der Waals surface area (Å²) in [5.74, 6) is 2.40. The molecular formula is C14H16BrN3O. The van der Waals surface area contributed by atoms with Gasteiger partial charge in [-0.25, -0.2) is 4.98 Å². The molecule has 1 aromatic heterocycles. The fourth-order valence-electron chi connectivity index (χ4n) is 2.46. The molecule has 0 aliphatic carbocycles. The minimum Gasteiger partial charge on any atom is -0.496 e. The third-order valence-electron chi connectivity index (χ3n) is 3.49. The van der Waals surface area contributed by atoms with Gasteiger partial charge in [0.2, 0.25) is 0 Å². The molecule has 0 radical (unpaired) electrons. The molecule has 2 aromatic rings. The fraction of sp³-hybridized carbons (Fsp3) is 0.357. The highest BCUT2D eigenvalue weighted by Crippen LogP contribution is 2.32. The molecule has 1 atom stereocenters. The van der Waals surface area contributed by atoms with Crippen molar-refractivity contribution in [3.8, 4) is 17.0 Å². The van der Waals surface area contributed by atoms with E-state index in [9.17, 15) is 0 Å². The van der Waals surface area contributed by atoms with Gasteiger partial charge in [0.1, 0.15) is 11.6 Å². The Morgan fingerprint density at radius 2 is 2.32 bits per heavy atom. The molecule has 0 amide bonds. The second kappa shape index (κ2) is 5.35. The SMILES string of the molecule is COc1ccc(Br)cc1-c1cnc(C2CCNC2)[nH]1. The Morgan fingerprint density at radius 3 is 3.05 bits per heavy atom. The monoisotopic (exact) mass is 321 g/mol. The molecule has 19 heavy (non-hydrogen) atoms. The van der Waals surface area contributed by atoms with Crippen LogP contribution in [0.15, 0.2) is 28.9 Å². The highest BCUT2D eigenvalue weighted by Gasteiger charge is 2.20. The Bertz CT molecular complexity index is 576. The van der Waals surface area contributed by atoms with E-state index in [1.807, 2.05) is 24.4 Å². The van der Waals surface area contributed by atoms with Gasteiger partial charge in [-0.3, -0.25) is 0 Å². The topological polar surface area (TPSA) is 49.9 Å². The van der Waals surface area contributed by atoms with Crippen LogP contribution >= 0.6 is 15.9 Å². The summed E-state index contributed by atoms with van der Waals surface area (Å²) in [4.78, 5) is 7.93. The van der Waals surface area contributed by atoms with Gasteiger partial charge < -0.3 is 15.0 Å². The van der Waals surface area contributed by atoms with Gasteiger partial charge in [0, 0.05) is 22.5 Å². The van der Waals surface area contributed by atoms with Crippen molar-refractivity contribution in [2.45, 2.75) is 12.3 Å². The predicted molar refractivity (Wildman–Crippen MR) is 78.5 cm³/mol. The molecule has 2 heterocycles. The molecule has 1 fully saturated rings. The van der Waals surface area contributed by atoms with Gasteiger partial charge in [0.15, 0.2) is 0 Å². The number of nitrogens with zero attached hydrogens (tertiary/aromatic N) is 1. The first-order valence-electron chi connectivity index (χ1n) is 6.37. The van der Waals surface area contributed by atoms with Crippen LogP contribution in [0.4, 0.5) is 0 Å². The van der Waals surface area contributed by atoms with Crippen molar-refractivity contribution in [1.82, 2.24) is 15.3 Å². The zero-order valence-corrected chi connectivity index (χ0v) is 12.3. The Labute approximate surface area is 120 Å². The summed E-state index contributed by atoms with van der Waals surface area (Å²) in [6, 6.07) is 5.97. The van der Waals surface area contributed by atoms with E-state index in [0.717, 1.165) is 46.8 Å². The summed E-state index contributed by atoms with van der Waals surface area (Å²) in [7, 11) is 1.69. The van der Waals surface area contributed by atoms with Crippen molar-refractivity contribution in [2.75, 3.05) is 20.2 Å². The fourth-order valence-corrected chi connectivity index (χ4v) is 2.82. The lowest BCUT2D eigenvalue weighted by Gasteiger charge is -2.07. The quantitative estimate of drug-likeness (QED) is 0.913. The van der Waals surface area contributed by atoms with Crippen molar-refractivity contribution in [2.24, 2.45) is 0 Å². The number of methoxy groups -OCH3 is 1. The standard InChI is InChI=1S/C14H16BrN3O/c1-19-13-3-2-10(15)6-11(13)12-8-17-14(18-12)9-4-5-16-7-9/h2-3,6,8-9,16H,4-5,7H2,1H3,(H,17,18). The highest BCUT2D eigenvalue weighted by atomic mass is 79.9. The molecule has 1 aliphatic rings. The normalized spacial score (nSPS) is 18.7. The molecular weight excluding hydrogens is 306 g/mol. The summed E-state index contributed by atoms with van der Waals surface area (Å²) < 4.78 is 6.44. The molecule has 100 valence electrons. The van der Waals surface area contributed by atoms with Crippen molar-refractivity contribution >= 4 is 15.9 Å². The number of halogens is 1. The average Bonchev–Trinajstić information content (AvgIpc) is 3.09. The summed E-state index contributed by atoms with van der Waals surface area (Å²) >= 11 is 3.50. The number of ether oxygens (including phenoxy) is 1. The summed E-state index contributed by atoms with van der Waals surface area (Å²) in [6.07, 6.45) is 3.03. The smallest absolute Gasteiger partial charge is 0.128 e. The molecule has 1 unspecified atom stereocenters. The minimum absolute atomic E-state index is 0.492. The molecule has 1 saturated heterocycles. The van der Waals surface area contributed by atoms with Crippen LogP contribution in [0.1, 0.15) is 18.2 Å². The Morgan fingerprint density at radius 1 is 1.42 bits per heavy atom. The highest BCUT2D eigenvalue weighted by molar-refractivity contribution is 9.10. The third-order valence-corrected chi connectivity index (χ3v) is 3.99.